The summed E-state index contributed by atoms with van der Waals surface area (Å²) >= 11 is 3.56. The van der Waals surface area contributed by atoms with E-state index in [0.717, 1.165) is 56.7 Å². The van der Waals surface area contributed by atoms with Crippen molar-refractivity contribution < 1.29 is 0 Å². The molecule has 0 bridgehead atoms. The van der Waals surface area contributed by atoms with Crippen LogP contribution in [-0.2, 0) is 6.42 Å². The van der Waals surface area contributed by atoms with E-state index < -0.39 is 0 Å². The van der Waals surface area contributed by atoms with Gasteiger partial charge in [0.2, 0.25) is 0 Å². The molecule has 7 nitrogen and oxygen atoms in total. The Morgan fingerprint density at radius 1 is 0.912 bits per heavy atom. The second-order valence-corrected chi connectivity index (χ2v) is 8.84. The number of halogens is 1. The van der Waals surface area contributed by atoms with Crippen LogP contribution in [0.2, 0.25) is 0 Å². The van der Waals surface area contributed by atoms with E-state index in [-0.39, 0.29) is 0 Å². The molecule has 0 radical (unpaired) electrons. The second kappa shape index (κ2) is 9.52. The first-order valence-electron chi connectivity index (χ1n) is 10.8. The fourth-order valence-electron chi connectivity index (χ4n) is 3.83. The summed E-state index contributed by atoms with van der Waals surface area (Å²) in [5, 5.41) is 0.739. The third-order valence-electron chi connectivity index (χ3n) is 5.63. The lowest BCUT2D eigenvalue weighted by Gasteiger charge is -2.18. The molecule has 0 amide bonds. The van der Waals surface area contributed by atoms with Crippen LogP contribution in [0.15, 0.2) is 83.9 Å². The van der Waals surface area contributed by atoms with Crippen molar-refractivity contribution >= 4 is 38.6 Å². The molecule has 5 rings (SSSR count). The fourth-order valence-corrected chi connectivity index (χ4v) is 4.22. The van der Waals surface area contributed by atoms with E-state index in [1.165, 1.54) is 6.33 Å². The third-order valence-corrected chi connectivity index (χ3v) is 6.13. The summed E-state index contributed by atoms with van der Waals surface area (Å²) in [4.78, 5) is 24.5. The number of benzene rings is 1. The smallest absolute Gasteiger partial charge is 0.165 e. The Balaban J connectivity index is 1.47. The Labute approximate surface area is 205 Å². The van der Waals surface area contributed by atoms with Gasteiger partial charge in [0.1, 0.15) is 18.0 Å². The van der Waals surface area contributed by atoms with Crippen LogP contribution < -0.4 is 10.6 Å². The number of likely N-dealkylation sites (N-methyl/N-ethyl adjacent to an activating group) is 1. The highest BCUT2D eigenvalue weighted by molar-refractivity contribution is 9.10. The minimum atomic E-state index is 0.405. The number of pyridine rings is 3. The van der Waals surface area contributed by atoms with Gasteiger partial charge in [0.25, 0.3) is 0 Å². The summed E-state index contributed by atoms with van der Waals surface area (Å²) in [6.45, 7) is 0.820. The van der Waals surface area contributed by atoms with Gasteiger partial charge in [0.15, 0.2) is 5.65 Å². The fraction of sp³-hybridized carbons (Fsp3) is 0.115. The zero-order valence-corrected chi connectivity index (χ0v) is 20.1. The number of nitrogens with zero attached hydrogens (tertiary/aromatic N) is 6. The lowest BCUT2D eigenvalue weighted by Crippen LogP contribution is -2.21. The van der Waals surface area contributed by atoms with Crippen molar-refractivity contribution in [3.8, 4) is 22.4 Å². The van der Waals surface area contributed by atoms with Gasteiger partial charge in [-0.2, -0.15) is 0 Å². The molecule has 2 N–H and O–H groups in total. The summed E-state index contributed by atoms with van der Waals surface area (Å²) in [6, 6.07) is 20.1. The number of fused-ring (bicyclic) bond motifs is 1. The predicted molar refractivity (Wildman–Crippen MR) is 139 cm³/mol. The van der Waals surface area contributed by atoms with Crippen LogP contribution in [0.5, 0.6) is 0 Å². The highest BCUT2D eigenvalue weighted by Crippen LogP contribution is 2.34. The molecule has 0 fully saturated rings. The molecule has 168 valence electrons. The molecule has 0 aliphatic heterocycles. The number of nitrogens with two attached hydrogens (primary N) is 1. The maximum Gasteiger partial charge on any atom is 0.165 e. The Hall–Kier alpha value is -3.91. The van der Waals surface area contributed by atoms with Crippen molar-refractivity contribution in [3.05, 3.63) is 89.6 Å². The van der Waals surface area contributed by atoms with Gasteiger partial charge >= 0.3 is 0 Å². The van der Waals surface area contributed by atoms with E-state index in [1.807, 2.05) is 80.1 Å². The molecule has 4 heterocycles. The zero-order valence-electron chi connectivity index (χ0n) is 18.6. The van der Waals surface area contributed by atoms with Gasteiger partial charge in [0, 0.05) is 48.1 Å². The third kappa shape index (κ3) is 4.58. The molecule has 34 heavy (non-hydrogen) atoms. The molecule has 8 heteroatoms. The molecule has 0 atom stereocenters. The molecule has 1 aromatic carbocycles. The van der Waals surface area contributed by atoms with E-state index in [9.17, 15) is 0 Å². The predicted octanol–water partition coefficient (Wildman–Crippen LogP) is 5.17. The van der Waals surface area contributed by atoms with Crippen molar-refractivity contribution in [2.24, 2.45) is 0 Å². The van der Waals surface area contributed by atoms with Crippen molar-refractivity contribution in [2.75, 3.05) is 24.2 Å². The van der Waals surface area contributed by atoms with E-state index in [4.69, 9.17) is 10.7 Å². The Morgan fingerprint density at radius 3 is 2.59 bits per heavy atom. The van der Waals surface area contributed by atoms with Gasteiger partial charge in [-0.3, -0.25) is 4.98 Å². The van der Waals surface area contributed by atoms with E-state index in [1.54, 1.807) is 0 Å². The number of aromatic nitrogens is 5. The van der Waals surface area contributed by atoms with Gasteiger partial charge in [-0.05, 0) is 53.6 Å². The second-order valence-electron chi connectivity index (χ2n) is 7.92. The lowest BCUT2D eigenvalue weighted by molar-refractivity contribution is 0.839. The summed E-state index contributed by atoms with van der Waals surface area (Å²) in [5.41, 5.74) is 11.4. The largest absolute Gasteiger partial charge is 0.383 e. The first-order chi connectivity index (χ1) is 16.6. The molecule has 0 spiro atoms. The average molecular weight is 512 g/mol. The standard InChI is InChI=1S/C26H22BrN7/c1-34(12-10-20-7-2-3-11-29-20)23-9-8-18(15-30-23)22-14-21(17-5-4-6-19(27)13-17)24-25(28)31-16-32-26(24)33-22/h2-9,11,13-16H,10,12H2,1H3,(H2,28,31,32,33). The van der Waals surface area contributed by atoms with Crippen LogP contribution >= 0.6 is 15.9 Å². The molecule has 0 saturated carbocycles. The van der Waals surface area contributed by atoms with Crippen molar-refractivity contribution in [1.29, 1.82) is 0 Å². The van der Waals surface area contributed by atoms with Crippen LogP contribution in [0, 0.1) is 0 Å². The van der Waals surface area contributed by atoms with Crippen LogP contribution in [0.25, 0.3) is 33.4 Å². The molecule has 0 unspecified atom stereocenters. The van der Waals surface area contributed by atoms with E-state index in [0.29, 0.717) is 11.5 Å². The molecule has 0 saturated heterocycles. The Bertz CT molecular complexity index is 1440. The first-order valence-corrected chi connectivity index (χ1v) is 11.6. The van der Waals surface area contributed by atoms with Crippen LogP contribution in [0.4, 0.5) is 11.6 Å². The van der Waals surface area contributed by atoms with Gasteiger partial charge in [-0.25, -0.2) is 19.9 Å². The SMILES string of the molecule is CN(CCc1ccccn1)c1ccc(-c2cc(-c3cccc(Br)c3)c3c(N)ncnc3n2)cn1. The molecule has 5 aromatic rings. The maximum absolute atomic E-state index is 6.22. The number of anilines is 2. The average Bonchev–Trinajstić information content (AvgIpc) is 2.87. The highest BCUT2D eigenvalue weighted by atomic mass is 79.9. The van der Waals surface area contributed by atoms with Crippen LogP contribution in [0.3, 0.4) is 0 Å². The summed E-state index contributed by atoms with van der Waals surface area (Å²) in [5.74, 6) is 1.29. The summed E-state index contributed by atoms with van der Waals surface area (Å²) in [6.07, 6.45) is 5.96. The molecule has 0 aliphatic rings. The summed E-state index contributed by atoms with van der Waals surface area (Å²) in [7, 11) is 2.03. The van der Waals surface area contributed by atoms with Gasteiger partial charge in [-0.1, -0.05) is 34.1 Å². The highest BCUT2D eigenvalue weighted by Gasteiger charge is 2.14. The first kappa shape index (κ1) is 21.9. The van der Waals surface area contributed by atoms with Gasteiger partial charge in [0.05, 0.1) is 11.1 Å². The minimum Gasteiger partial charge on any atom is -0.383 e. The zero-order chi connectivity index (χ0) is 23.5. The van der Waals surface area contributed by atoms with Gasteiger partial charge < -0.3 is 10.6 Å². The summed E-state index contributed by atoms with van der Waals surface area (Å²) < 4.78 is 0.978. The van der Waals surface area contributed by atoms with E-state index >= 15 is 0 Å². The van der Waals surface area contributed by atoms with Crippen molar-refractivity contribution in [2.45, 2.75) is 6.42 Å². The van der Waals surface area contributed by atoms with Crippen LogP contribution in [-0.4, -0.2) is 38.5 Å². The number of hydrogen-bond donors (Lipinski definition) is 1. The van der Waals surface area contributed by atoms with Crippen molar-refractivity contribution in [1.82, 2.24) is 24.9 Å². The topological polar surface area (TPSA) is 93.7 Å². The number of nitrogen functional groups attached to an aromatic ring is 1. The number of rotatable bonds is 6. The monoisotopic (exact) mass is 511 g/mol. The number of hydrogen-bond acceptors (Lipinski definition) is 7. The van der Waals surface area contributed by atoms with Gasteiger partial charge in [-0.15, -0.1) is 0 Å². The molecule has 4 aromatic heterocycles. The Kier molecular flexibility index (Phi) is 6.14. The Morgan fingerprint density at radius 2 is 1.82 bits per heavy atom. The minimum absolute atomic E-state index is 0.405. The molecular formula is C26H22BrN7. The molecular weight excluding hydrogens is 490 g/mol. The van der Waals surface area contributed by atoms with Crippen molar-refractivity contribution in [3.63, 3.8) is 0 Å². The molecule has 0 aliphatic carbocycles. The normalized spacial score (nSPS) is 11.0. The van der Waals surface area contributed by atoms with Crippen LogP contribution in [0.1, 0.15) is 5.69 Å². The maximum atomic E-state index is 6.22. The lowest BCUT2D eigenvalue weighted by atomic mass is 10.0. The van der Waals surface area contributed by atoms with E-state index in [2.05, 4.69) is 40.8 Å². The quantitative estimate of drug-likeness (QED) is 0.335.